The van der Waals surface area contributed by atoms with Crippen molar-refractivity contribution in [3.8, 4) is 0 Å². The van der Waals surface area contributed by atoms with Crippen molar-refractivity contribution in [2.75, 3.05) is 18.1 Å². The molecule has 0 saturated heterocycles. The highest BCUT2D eigenvalue weighted by molar-refractivity contribution is 5.95. The van der Waals surface area contributed by atoms with E-state index in [2.05, 4.69) is 15.4 Å². The SMILES string of the molecule is Fc1ccc(N2N=C(C(F)(F)C(F)(F)F)CC2c2cc(C3=CCNCC3)ccn2)c(F)c1. The molecule has 0 aliphatic carbocycles. The van der Waals surface area contributed by atoms with Crippen molar-refractivity contribution in [2.45, 2.75) is 31.0 Å². The van der Waals surface area contributed by atoms with Crippen LogP contribution < -0.4 is 10.3 Å². The summed E-state index contributed by atoms with van der Waals surface area (Å²) < 4.78 is 94.9. The van der Waals surface area contributed by atoms with Gasteiger partial charge in [-0.05, 0) is 48.4 Å². The molecular weight excluding hydrogens is 441 g/mol. The molecule has 0 spiro atoms. The largest absolute Gasteiger partial charge is 0.459 e. The van der Waals surface area contributed by atoms with Crippen LogP contribution in [0.3, 0.4) is 0 Å². The van der Waals surface area contributed by atoms with Crippen LogP contribution in [0.2, 0.25) is 0 Å². The first-order valence-corrected chi connectivity index (χ1v) is 9.71. The van der Waals surface area contributed by atoms with E-state index in [9.17, 15) is 30.7 Å². The van der Waals surface area contributed by atoms with Gasteiger partial charge in [0, 0.05) is 25.2 Å². The fraction of sp³-hybridized carbons (Fsp3) is 0.333. The monoisotopic (exact) mass is 458 g/mol. The number of nitrogens with zero attached hydrogens (tertiary/aromatic N) is 3. The Labute approximate surface area is 178 Å². The highest BCUT2D eigenvalue weighted by atomic mass is 19.4. The topological polar surface area (TPSA) is 40.5 Å². The summed E-state index contributed by atoms with van der Waals surface area (Å²) in [5, 5.41) is 7.30. The van der Waals surface area contributed by atoms with Crippen LogP contribution in [0.5, 0.6) is 0 Å². The smallest absolute Gasteiger partial charge is 0.313 e. The van der Waals surface area contributed by atoms with E-state index in [0.29, 0.717) is 24.0 Å². The third kappa shape index (κ3) is 4.08. The minimum atomic E-state index is -5.87. The molecular formula is C21H17F7N4. The summed E-state index contributed by atoms with van der Waals surface area (Å²) in [7, 11) is 0. The second kappa shape index (κ2) is 8.19. The Morgan fingerprint density at radius 1 is 1.03 bits per heavy atom. The van der Waals surface area contributed by atoms with Gasteiger partial charge in [-0.1, -0.05) is 6.08 Å². The number of aromatic nitrogens is 1. The fourth-order valence-corrected chi connectivity index (χ4v) is 3.70. The Morgan fingerprint density at radius 3 is 2.47 bits per heavy atom. The molecule has 1 aromatic carbocycles. The van der Waals surface area contributed by atoms with Crippen LogP contribution in [0.1, 0.15) is 30.1 Å². The molecule has 0 radical (unpaired) electrons. The molecule has 4 nitrogen and oxygen atoms in total. The number of benzene rings is 1. The zero-order valence-corrected chi connectivity index (χ0v) is 16.4. The van der Waals surface area contributed by atoms with Gasteiger partial charge in [-0.25, -0.2) is 8.78 Å². The van der Waals surface area contributed by atoms with Crippen molar-refractivity contribution in [1.29, 1.82) is 0 Å². The first kappa shape index (κ1) is 22.3. The van der Waals surface area contributed by atoms with Crippen molar-refractivity contribution in [3.05, 3.63) is 65.5 Å². The van der Waals surface area contributed by atoms with Crippen LogP contribution in [-0.2, 0) is 0 Å². The highest BCUT2D eigenvalue weighted by Crippen LogP contribution is 2.45. The van der Waals surface area contributed by atoms with Gasteiger partial charge in [-0.2, -0.15) is 27.1 Å². The van der Waals surface area contributed by atoms with Crippen LogP contribution in [0.25, 0.3) is 5.57 Å². The summed E-state index contributed by atoms with van der Waals surface area (Å²) in [4.78, 5) is 4.14. The molecule has 1 atom stereocenters. The number of alkyl halides is 5. The molecule has 0 amide bonds. The molecule has 3 heterocycles. The Kier molecular flexibility index (Phi) is 5.70. The summed E-state index contributed by atoms with van der Waals surface area (Å²) in [5.41, 5.74) is -0.0641. The zero-order chi connectivity index (χ0) is 23.1. The molecule has 0 saturated carbocycles. The molecule has 32 heavy (non-hydrogen) atoms. The van der Waals surface area contributed by atoms with Crippen molar-refractivity contribution in [3.63, 3.8) is 0 Å². The van der Waals surface area contributed by atoms with Crippen LogP contribution >= 0.6 is 0 Å². The molecule has 11 heteroatoms. The molecule has 170 valence electrons. The summed E-state index contributed by atoms with van der Waals surface area (Å²) in [6, 6.07) is 4.35. The molecule has 1 aromatic heterocycles. The average molecular weight is 458 g/mol. The van der Waals surface area contributed by atoms with Crippen molar-refractivity contribution in [2.24, 2.45) is 5.10 Å². The Bertz CT molecular complexity index is 1080. The summed E-state index contributed by atoms with van der Waals surface area (Å²) in [5.74, 6) is -7.29. The van der Waals surface area contributed by atoms with E-state index in [1.807, 2.05) is 6.08 Å². The number of halogens is 7. The Hall–Kier alpha value is -2.95. The maximum absolute atomic E-state index is 14.4. The third-order valence-corrected chi connectivity index (χ3v) is 5.34. The Morgan fingerprint density at radius 2 is 1.81 bits per heavy atom. The van der Waals surface area contributed by atoms with Gasteiger partial charge in [0.25, 0.3) is 0 Å². The fourth-order valence-electron chi connectivity index (χ4n) is 3.70. The molecule has 2 aromatic rings. The zero-order valence-electron chi connectivity index (χ0n) is 16.4. The van der Waals surface area contributed by atoms with E-state index in [1.165, 1.54) is 6.20 Å². The quantitative estimate of drug-likeness (QED) is 0.637. The average Bonchev–Trinajstić information content (AvgIpc) is 3.19. The van der Waals surface area contributed by atoms with Gasteiger partial charge in [0.2, 0.25) is 0 Å². The third-order valence-electron chi connectivity index (χ3n) is 5.34. The van der Waals surface area contributed by atoms with E-state index in [1.54, 1.807) is 12.1 Å². The highest BCUT2D eigenvalue weighted by Gasteiger charge is 2.63. The first-order valence-electron chi connectivity index (χ1n) is 9.71. The lowest BCUT2D eigenvalue weighted by molar-refractivity contribution is -0.249. The number of hydrazone groups is 1. The van der Waals surface area contributed by atoms with Crippen LogP contribution in [0.15, 0.2) is 47.7 Å². The predicted molar refractivity (Wildman–Crippen MR) is 104 cm³/mol. The number of hydrogen-bond donors (Lipinski definition) is 1. The number of nitrogens with one attached hydrogen (secondary N) is 1. The molecule has 4 rings (SSSR count). The van der Waals surface area contributed by atoms with Gasteiger partial charge in [0.05, 0.1) is 11.4 Å². The van der Waals surface area contributed by atoms with Crippen LogP contribution in [0, 0.1) is 11.6 Å². The molecule has 2 aliphatic rings. The first-order chi connectivity index (χ1) is 15.1. The normalized spacial score (nSPS) is 19.7. The maximum atomic E-state index is 14.4. The second-order valence-electron chi connectivity index (χ2n) is 7.43. The van der Waals surface area contributed by atoms with Gasteiger partial charge in [0.1, 0.15) is 17.6 Å². The van der Waals surface area contributed by atoms with E-state index in [0.717, 1.165) is 29.8 Å². The van der Waals surface area contributed by atoms with Crippen LogP contribution in [-0.4, -0.2) is 35.9 Å². The molecule has 0 fully saturated rings. The second-order valence-corrected chi connectivity index (χ2v) is 7.43. The van der Waals surface area contributed by atoms with Gasteiger partial charge in [-0.3, -0.25) is 9.99 Å². The number of anilines is 1. The molecule has 1 N–H and O–H groups in total. The lowest BCUT2D eigenvalue weighted by atomic mass is 9.97. The van der Waals surface area contributed by atoms with Crippen molar-refractivity contribution >= 4 is 17.0 Å². The van der Waals surface area contributed by atoms with Gasteiger partial charge >= 0.3 is 12.1 Å². The minimum Gasteiger partial charge on any atom is -0.313 e. The number of pyridine rings is 1. The van der Waals surface area contributed by atoms with E-state index in [-0.39, 0.29) is 5.69 Å². The summed E-state index contributed by atoms with van der Waals surface area (Å²) >= 11 is 0. The number of hydrogen-bond acceptors (Lipinski definition) is 4. The summed E-state index contributed by atoms with van der Waals surface area (Å²) in [6.07, 6.45) is -2.66. The number of rotatable bonds is 4. The lowest BCUT2D eigenvalue weighted by Crippen LogP contribution is -2.43. The maximum Gasteiger partial charge on any atom is 0.459 e. The molecule has 1 unspecified atom stereocenters. The van der Waals surface area contributed by atoms with Gasteiger partial charge in [0.15, 0.2) is 5.82 Å². The van der Waals surface area contributed by atoms with E-state index >= 15 is 0 Å². The summed E-state index contributed by atoms with van der Waals surface area (Å²) in [6.45, 7) is 1.36. The van der Waals surface area contributed by atoms with Crippen LogP contribution in [0.4, 0.5) is 36.4 Å². The minimum absolute atomic E-state index is 0.141. The molecule has 0 bridgehead atoms. The van der Waals surface area contributed by atoms with Gasteiger partial charge in [-0.15, -0.1) is 0 Å². The van der Waals surface area contributed by atoms with Gasteiger partial charge < -0.3 is 5.32 Å². The standard InChI is InChI=1S/C21H17F7N4/c22-14-1-2-17(15(23)10-14)32-18(11-19(31-32)20(24,25)21(26,27)28)16-9-13(5-8-30-16)12-3-6-29-7-4-12/h1-3,5,8-10,18,29H,4,6-7,11H2. The lowest BCUT2D eigenvalue weighted by Gasteiger charge is -2.24. The van der Waals surface area contributed by atoms with E-state index < -0.39 is 47.6 Å². The van der Waals surface area contributed by atoms with E-state index in [4.69, 9.17) is 0 Å². The molecule has 2 aliphatic heterocycles. The predicted octanol–water partition coefficient (Wildman–Crippen LogP) is 5.24. The Balaban J connectivity index is 1.77. The van der Waals surface area contributed by atoms with Crippen molar-refractivity contribution in [1.82, 2.24) is 10.3 Å². The van der Waals surface area contributed by atoms with Crippen molar-refractivity contribution < 1.29 is 30.7 Å².